The third-order valence-electron chi connectivity index (χ3n) is 3.49. The van der Waals surface area contributed by atoms with Gasteiger partial charge in [-0.25, -0.2) is 0 Å². The number of halogens is 4. The highest BCUT2D eigenvalue weighted by atomic mass is 35.5. The number of carbonyl (C=O) groups is 1. The predicted molar refractivity (Wildman–Crippen MR) is 90.4 cm³/mol. The van der Waals surface area contributed by atoms with E-state index in [4.69, 9.17) is 21.1 Å². The summed E-state index contributed by atoms with van der Waals surface area (Å²) in [6, 6.07) is 6.02. The van der Waals surface area contributed by atoms with Gasteiger partial charge in [0.15, 0.2) is 11.9 Å². The topological polar surface area (TPSA) is 78.7 Å². The first-order valence-corrected chi connectivity index (χ1v) is 7.87. The summed E-state index contributed by atoms with van der Waals surface area (Å²) in [6.45, 7) is 2.69. The van der Waals surface area contributed by atoms with Crippen LogP contribution >= 0.6 is 11.6 Å². The van der Waals surface area contributed by atoms with Gasteiger partial charge in [-0.3, -0.25) is 14.9 Å². The van der Waals surface area contributed by atoms with Crippen LogP contribution in [0.15, 0.2) is 36.4 Å². The summed E-state index contributed by atoms with van der Waals surface area (Å²) in [4.78, 5) is 21.7. The summed E-state index contributed by atoms with van der Waals surface area (Å²) in [5, 5.41) is 10.8. The number of benzene rings is 2. The van der Waals surface area contributed by atoms with Crippen LogP contribution < -0.4 is 9.47 Å². The first-order chi connectivity index (χ1) is 12.5. The lowest BCUT2D eigenvalue weighted by molar-refractivity contribution is -0.386. The maximum absolute atomic E-state index is 12.7. The zero-order chi connectivity index (χ0) is 20.4. The molecule has 0 bridgehead atoms. The van der Waals surface area contributed by atoms with Gasteiger partial charge in [0.2, 0.25) is 5.75 Å². The maximum Gasteiger partial charge on any atom is 0.416 e. The monoisotopic (exact) mass is 403 g/mol. The van der Waals surface area contributed by atoms with Gasteiger partial charge in [-0.1, -0.05) is 11.6 Å². The number of alkyl halides is 3. The van der Waals surface area contributed by atoms with Crippen molar-refractivity contribution in [1.82, 2.24) is 0 Å². The molecule has 0 heterocycles. The fourth-order valence-corrected chi connectivity index (χ4v) is 2.18. The lowest BCUT2D eigenvalue weighted by Crippen LogP contribution is -2.21. The molecular formula is C17H13ClF3NO5. The van der Waals surface area contributed by atoms with E-state index in [0.29, 0.717) is 6.07 Å². The van der Waals surface area contributed by atoms with Crippen LogP contribution in [0, 0.1) is 10.1 Å². The number of hydrogen-bond acceptors (Lipinski definition) is 5. The molecule has 0 radical (unpaired) electrons. The largest absolute Gasteiger partial charge is 0.476 e. The van der Waals surface area contributed by atoms with Crippen molar-refractivity contribution in [1.29, 1.82) is 0 Å². The molecule has 2 rings (SSSR count). The van der Waals surface area contributed by atoms with Crippen LogP contribution in [-0.2, 0) is 11.0 Å². The van der Waals surface area contributed by atoms with E-state index in [9.17, 15) is 28.1 Å². The van der Waals surface area contributed by atoms with Crippen LogP contribution in [0.2, 0.25) is 5.02 Å². The predicted octanol–water partition coefficient (Wildman–Crippen LogP) is 5.42. The highest BCUT2D eigenvalue weighted by Gasteiger charge is 2.31. The van der Waals surface area contributed by atoms with Crippen LogP contribution in [0.5, 0.6) is 17.2 Å². The Morgan fingerprint density at radius 1 is 1.19 bits per heavy atom. The second kappa shape index (κ2) is 7.83. The van der Waals surface area contributed by atoms with Gasteiger partial charge in [0, 0.05) is 12.1 Å². The molecule has 0 saturated heterocycles. The number of rotatable bonds is 6. The lowest BCUT2D eigenvalue weighted by atomic mass is 10.2. The number of nitro benzene ring substituents is 1. The molecule has 0 aromatic heterocycles. The molecule has 27 heavy (non-hydrogen) atoms. The highest BCUT2D eigenvalue weighted by Crippen LogP contribution is 2.38. The molecule has 0 amide bonds. The number of nitrogens with zero attached hydrogens (tertiary/aromatic N) is 1. The van der Waals surface area contributed by atoms with E-state index < -0.39 is 28.5 Å². The minimum absolute atomic E-state index is 0.0352. The van der Waals surface area contributed by atoms with Gasteiger partial charge in [-0.15, -0.1) is 0 Å². The van der Waals surface area contributed by atoms with Gasteiger partial charge in [-0.2, -0.15) is 13.2 Å². The molecule has 0 saturated carbocycles. The van der Waals surface area contributed by atoms with E-state index in [1.54, 1.807) is 0 Å². The summed E-state index contributed by atoms with van der Waals surface area (Å²) in [6.07, 6.45) is -5.49. The average molecular weight is 404 g/mol. The summed E-state index contributed by atoms with van der Waals surface area (Å²) in [5.41, 5.74) is -1.34. The van der Waals surface area contributed by atoms with E-state index in [2.05, 4.69) is 0 Å². The summed E-state index contributed by atoms with van der Waals surface area (Å²) >= 11 is 5.82. The van der Waals surface area contributed by atoms with Crippen molar-refractivity contribution in [3.8, 4) is 17.2 Å². The van der Waals surface area contributed by atoms with E-state index in [1.807, 2.05) is 0 Å². The first-order valence-electron chi connectivity index (χ1n) is 7.49. The molecule has 0 aliphatic carbocycles. The van der Waals surface area contributed by atoms with Gasteiger partial charge in [-0.05, 0) is 38.1 Å². The Labute approximate surface area is 156 Å². The van der Waals surface area contributed by atoms with Crippen LogP contribution in [0.3, 0.4) is 0 Å². The average Bonchev–Trinajstić information content (AvgIpc) is 2.55. The zero-order valence-corrected chi connectivity index (χ0v) is 14.8. The standard InChI is InChI=1S/C17H13ClF3NO5/c1-9(23)10(2)26-16-8-12(4-5-14(16)22(24)25)27-15-6-3-11(7-13(15)18)17(19,20)21/h3-8,10H,1-2H3. The molecule has 2 aromatic rings. The van der Waals surface area contributed by atoms with Gasteiger partial charge in [0.05, 0.1) is 15.5 Å². The molecular weight excluding hydrogens is 391 g/mol. The second-order valence-corrected chi connectivity index (χ2v) is 5.91. The number of Topliss-reactive ketones (excluding diaryl/α,β-unsaturated/α-hetero) is 1. The molecule has 144 valence electrons. The Morgan fingerprint density at radius 3 is 2.37 bits per heavy atom. The molecule has 0 fully saturated rings. The lowest BCUT2D eigenvalue weighted by Gasteiger charge is -2.14. The number of ether oxygens (including phenoxy) is 2. The minimum atomic E-state index is -4.56. The molecule has 0 aliphatic rings. The van der Waals surface area contributed by atoms with Crippen molar-refractivity contribution in [2.45, 2.75) is 26.1 Å². The van der Waals surface area contributed by atoms with Crippen molar-refractivity contribution < 1.29 is 32.4 Å². The molecule has 10 heteroatoms. The van der Waals surface area contributed by atoms with Gasteiger partial charge in [0.1, 0.15) is 11.5 Å². The van der Waals surface area contributed by atoms with Gasteiger partial charge >= 0.3 is 11.9 Å². The van der Waals surface area contributed by atoms with Crippen molar-refractivity contribution >= 4 is 23.1 Å². The van der Waals surface area contributed by atoms with Crippen LogP contribution in [0.1, 0.15) is 19.4 Å². The zero-order valence-electron chi connectivity index (χ0n) is 14.0. The Balaban J connectivity index is 2.34. The quantitative estimate of drug-likeness (QED) is 0.475. The summed E-state index contributed by atoms with van der Waals surface area (Å²) in [5.74, 6) is -0.610. The van der Waals surface area contributed by atoms with Crippen LogP contribution in [0.25, 0.3) is 0 Å². The van der Waals surface area contributed by atoms with Crippen molar-refractivity contribution in [2.75, 3.05) is 0 Å². The Morgan fingerprint density at radius 2 is 1.85 bits per heavy atom. The summed E-state index contributed by atoms with van der Waals surface area (Å²) in [7, 11) is 0. The van der Waals surface area contributed by atoms with E-state index in [0.717, 1.165) is 24.3 Å². The number of carbonyl (C=O) groups excluding carboxylic acids is 1. The fraction of sp³-hybridized carbons (Fsp3) is 0.235. The Bertz CT molecular complexity index is 885. The highest BCUT2D eigenvalue weighted by molar-refractivity contribution is 6.32. The van der Waals surface area contributed by atoms with E-state index in [-0.39, 0.29) is 28.1 Å². The number of ketones is 1. The maximum atomic E-state index is 12.7. The van der Waals surface area contributed by atoms with Crippen molar-refractivity contribution in [3.63, 3.8) is 0 Å². The SMILES string of the molecule is CC(=O)C(C)Oc1cc(Oc2ccc(C(F)(F)F)cc2Cl)ccc1[N+](=O)[O-]. The smallest absolute Gasteiger partial charge is 0.416 e. The van der Waals surface area contributed by atoms with Crippen molar-refractivity contribution in [3.05, 3.63) is 57.1 Å². The molecule has 0 aliphatic heterocycles. The molecule has 2 aromatic carbocycles. The fourth-order valence-electron chi connectivity index (χ4n) is 1.96. The van der Waals surface area contributed by atoms with Gasteiger partial charge < -0.3 is 9.47 Å². The third kappa shape index (κ3) is 5.10. The van der Waals surface area contributed by atoms with Gasteiger partial charge in [0.25, 0.3) is 0 Å². The minimum Gasteiger partial charge on any atom is -0.476 e. The molecule has 0 N–H and O–H groups in total. The Hall–Kier alpha value is -2.81. The normalized spacial score (nSPS) is 12.4. The van der Waals surface area contributed by atoms with Crippen molar-refractivity contribution in [2.24, 2.45) is 0 Å². The second-order valence-electron chi connectivity index (χ2n) is 5.50. The van der Waals surface area contributed by atoms with Crippen LogP contribution in [0.4, 0.5) is 18.9 Å². The third-order valence-corrected chi connectivity index (χ3v) is 3.79. The molecule has 1 unspecified atom stereocenters. The Kier molecular flexibility index (Phi) is 5.94. The molecule has 0 spiro atoms. The van der Waals surface area contributed by atoms with Crippen LogP contribution in [-0.4, -0.2) is 16.8 Å². The number of hydrogen-bond donors (Lipinski definition) is 0. The summed E-state index contributed by atoms with van der Waals surface area (Å²) < 4.78 is 48.7. The molecule has 6 nitrogen and oxygen atoms in total. The van der Waals surface area contributed by atoms with E-state index in [1.165, 1.54) is 19.9 Å². The van der Waals surface area contributed by atoms with E-state index >= 15 is 0 Å². The number of nitro groups is 1. The first kappa shape index (κ1) is 20.5. The molecule has 1 atom stereocenters.